The topological polar surface area (TPSA) is 80.3 Å². The van der Waals surface area contributed by atoms with Gasteiger partial charge in [0.1, 0.15) is 6.61 Å². The van der Waals surface area contributed by atoms with Gasteiger partial charge in [0, 0.05) is 18.0 Å². The molecule has 2 N–H and O–H groups in total. The molecule has 128 valence electrons. The summed E-state index contributed by atoms with van der Waals surface area (Å²) in [5.41, 5.74) is 2.13. The van der Waals surface area contributed by atoms with Crippen molar-refractivity contribution in [2.45, 2.75) is 40.0 Å². The van der Waals surface area contributed by atoms with E-state index < -0.39 is 5.97 Å². The molecule has 2 rings (SSSR count). The van der Waals surface area contributed by atoms with Crippen LogP contribution >= 0.6 is 11.3 Å². The van der Waals surface area contributed by atoms with Crippen molar-refractivity contribution in [1.29, 1.82) is 0 Å². The molecule has 0 saturated heterocycles. The molecular weight excluding hydrogens is 326 g/mol. The van der Waals surface area contributed by atoms with E-state index in [-0.39, 0.29) is 18.7 Å². The lowest BCUT2D eigenvalue weighted by molar-refractivity contribution is 0.0468. The van der Waals surface area contributed by atoms with Gasteiger partial charge in [-0.05, 0) is 38.5 Å². The lowest BCUT2D eigenvalue weighted by atomic mass is 10.1. The molecule has 0 bridgehead atoms. The van der Waals surface area contributed by atoms with Crippen LogP contribution < -0.4 is 10.6 Å². The second kappa shape index (κ2) is 8.44. The minimum absolute atomic E-state index is 0.0867. The smallest absolute Gasteiger partial charge is 0.338 e. The number of thiazole rings is 1. The van der Waals surface area contributed by atoms with Crippen LogP contribution in [0.3, 0.4) is 0 Å². The fourth-order valence-electron chi connectivity index (χ4n) is 1.95. The quantitative estimate of drug-likeness (QED) is 0.787. The average molecular weight is 347 g/mol. The summed E-state index contributed by atoms with van der Waals surface area (Å²) >= 11 is 1.52. The number of nitrogens with one attached hydrogen (secondary N) is 2. The Morgan fingerprint density at radius 1 is 1.25 bits per heavy atom. The number of esters is 1. The molecule has 1 heterocycles. The van der Waals surface area contributed by atoms with Gasteiger partial charge in [-0.3, -0.25) is 0 Å². The van der Waals surface area contributed by atoms with Gasteiger partial charge in [-0.2, -0.15) is 0 Å². The van der Waals surface area contributed by atoms with Crippen LogP contribution in [0, 0.1) is 6.92 Å². The molecule has 0 unspecified atom stereocenters. The molecule has 2 amide bonds. The highest BCUT2D eigenvalue weighted by molar-refractivity contribution is 7.09. The molecule has 0 aliphatic carbocycles. The summed E-state index contributed by atoms with van der Waals surface area (Å²) in [4.78, 5) is 27.8. The highest BCUT2D eigenvalue weighted by atomic mass is 32.1. The molecule has 0 aliphatic heterocycles. The third-order valence-corrected chi connectivity index (χ3v) is 3.90. The van der Waals surface area contributed by atoms with Gasteiger partial charge in [0.15, 0.2) is 0 Å². The Morgan fingerprint density at radius 3 is 2.54 bits per heavy atom. The van der Waals surface area contributed by atoms with Crippen LogP contribution in [0.2, 0.25) is 0 Å². The number of amides is 2. The number of benzene rings is 1. The van der Waals surface area contributed by atoms with E-state index in [1.165, 1.54) is 11.3 Å². The number of carbonyl (C=O) groups is 2. The lowest BCUT2D eigenvalue weighted by Gasteiger charge is -2.10. The standard InChI is InChI=1S/C17H21N3O3S/c1-11(2)19-17(22)18-8-13-4-6-14(7-5-13)16(21)23-9-15-10-24-12(3)20-15/h4-7,10-11H,8-9H2,1-3H3,(H2,18,19,22). The summed E-state index contributed by atoms with van der Waals surface area (Å²) < 4.78 is 5.23. The minimum atomic E-state index is -0.391. The van der Waals surface area contributed by atoms with Crippen LogP contribution in [-0.4, -0.2) is 23.0 Å². The predicted octanol–water partition coefficient (Wildman–Crippen LogP) is 3.02. The maximum Gasteiger partial charge on any atom is 0.338 e. The van der Waals surface area contributed by atoms with Crippen LogP contribution in [0.1, 0.15) is 40.5 Å². The molecule has 0 spiro atoms. The summed E-state index contributed by atoms with van der Waals surface area (Å²) in [7, 11) is 0. The van der Waals surface area contributed by atoms with Crippen molar-refractivity contribution in [3.05, 3.63) is 51.5 Å². The van der Waals surface area contributed by atoms with Crippen molar-refractivity contribution < 1.29 is 14.3 Å². The number of ether oxygens (including phenoxy) is 1. The first kappa shape index (κ1) is 17.9. The van der Waals surface area contributed by atoms with Crippen molar-refractivity contribution in [3.8, 4) is 0 Å². The van der Waals surface area contributed by atoms with Gasteiger partial charge in [-0.25, -0.2) is 14.6 Å². The van der Waals surface area contributed by atoms with E-state index in [1.54, 1.807) is 24.3 Å². The van der Waals surface area contributed by atoms with Gasteiger partial charge in [0.25, 0.3) is 0 Å². The molecule has 0 aliphatic rings. The first-order valence-electron chi connectivity index (χ1n) is 7.65. The van der Waals surface area contributed by atoms with Crippen LogP contribution in [0.5, 0.6) is 0 Å². The van der Waals surface area contributed by atoms with Crippen molar-refractivity contribution in [2.75, 3.05) is 0 Å². The monoisotopic (exact) mass is 347 g/mol. The number of hydrogen-bond donors (Lipinski definition) is 2. The van der Waals surface area contributed by atoms with E-state index in [0.717, 1.165) is 16.3 Å². The van der Waals surface area contributed by atoms with Crippen molar-refractivity contribution in [1.82, 2.24) is 15.6 Å². The van der Waals surface area contributed by atoms with E-state index in [1.807, 2.05) is 26.2 Å². The Morgan fingerprint density at radius 2 is 1.96 bits per heavy atom. The van der Waals surface area contributed by atoms with E-state index >= 15 is 0 Å². The fraction of sp³-hybridized carbons (Fsp3) is 0.353. The summed E-state index contributed by atoms with van der Waals surface area (Å²) in [5.74, 6) is -0.391. The molecule has 0 saturated carbocycles. The number of carbonyl (C=O) groups excluding carboxylic acids is 2. The lowest BCUT2D eigenvalue weighted by Crippen LogP contribution is -2.39. The normalized spacial score (nSPS) is 10.5. The molecule has 7 heteroatoms. The van der Waals surface area contributed by atoms with Gasteiger partial charge < -0.3 is 15.4 Å². The summed E-state index contributed by atoms with van der Waals surface area (Å²) in [6.45, 7) is 6.26. The molecule has 0 atom stereocenters. The second-order valence-corrected chi connectivity index (χ2v) is 6.67. The molecular formula is C17H21N3O3S. The average Bonchev–Trinajstić information content (AvgIpc) is 2.96. The number of nitrogens with zero attached hydrogens (tertiary/aromatic N) is 1. The largest absolute Gasteiger partial charge is 0.456 e. The summed E-state index contributed by atoms with van der Waals surface area (Å²) in [5, 5.41) is 8.32. The van der Waals surface area contributed by atoms with Crippen molar-refractivity contribution in [3.63, 3.8) is 0 Å². The number of hydrogen-bond acceptors (Lipinski definition) is 5. The maximum absolute atomic E-state index is 12.0. The number of urea groups is 1. The van der Waals surface area contributed by atoms with E-state index in [0.29, 0.717) is 12.1 Å². The number of aryl methyl sites for hydroxylation is 1. The zero-order valence-electron chi connectivity index (χ0n) is 14.0. The van der Waals surface area contributed by atoms with Crippen LogP contribution in [0.4, 0.5) is 4.79 Å². The van der Waals surface area contributed by atoms with Crippen molar-refractivity contribution in [2.24, 2.45) is 0 Å². The van der Waals surface area contributed by atoms with Crippen LogP contribution in [0.25, 0.3) is 0 Å². The Balaban J connectivity index is 1.82. The molecule has 6 nitrogen and oxygen atoms in total. The van der Waals surface area contributed by atoms with Crippen molar-refractivity contribution >= 4 is 23.3 Å². The third-order valence-electron chi connectivity index (χ3n) is 3.08. The Hall–Kier alpha value is -2.41. The Labute approximate surface area is 145 Å². The van der Waals surface area contributed by atoms with E-state index in [4.69, 9.17) is 4.74 Å². The third kappa shape index (κ3) is 5.66. The molecule has 0 fully saturated rings. The highest BCUT2D eigenvalue weighted by Gasteiger charge is 2.09. The second-order valence-electron chi connectivity index (χ2n) is 5.61. The van der Waals surface area contributed by atoms with Crippen LogP contribution in [-0.2, 0) is 17.9 Å². The number of aromatic nitrogens is 1. The molecule has 2 aromatic rings. The Bertz CT molecular complexity index is 695. The summed E-state index contributed by atoms with van der Waals surface area (Å²) in [6, 6.07) is 6.83. The zero-order valence-corrected chi connectivity index (χ0v) is 14.8. The van der Waals surface area contributed by atoms with E-state index in [2.05, 4.69) is 15.6 Å². The predicted molar refractivity (Wildman–Crippen MR) is 92.9 cm³/mol. The fourth-order valence-corrected chi connectivity index (χ4v) is 2.55. The van der Waals surface area contributed by atoms with Gasteiger partial charge in [0.2, 0.25) is 0 Å². The SMILES string of the molecule is Cc1nc(COC(=O)c2ccc(CNC(=O)NC(C)C)cc2)cs1. The van der Waals surface area contributed by atoms with Gasteiger partial charge in [-0.15, -0.1) is 11.3 Å². The first-order chi connectivity index (χ1) is 11.4. The first-order valence-corrected chi connectivity index (χ1v) is 8.53. The van der Waals surface area contributed by atoms with Gasteiger partial charge in [-0.1, -0.05) is 12.1 Å². The minimum Gasteiger partial charge on any atom is -0.456 e. The van der Waals surface area contributed by atoms with Crippen LogP contribution in [0.15, 0.2) is 29.6 Å². The highest BCUT2D eigenvalue weighted by Crippen LogP contribution is 2.11. The summed E-state index contributed by atoms with van der Waals surface area (Å²) in [6.07, 6.45) is 0. The molecule has 24 heavy (non-hydrogen) atoms. The number of rotatable bonds is 6. The molecule has 0 radical (unpaired) electrons. The molecule has 1 aromatic carbocycles. The van der Waals surface area contributed by atoms with E-state index in [9.17, 15) is 9.59 Å². The van der Waals surface area contributed by atoms with Gasteiger partial charge >= 0.3 is 12.0 Å². The maximum atomic E-state index is 12.0. The zero-order chi connectivity index (χ0) is 17.5. The van der Waals surface area contributed by atoms with Gasteiger partial charge in [0.05, 0.1) is 16.3 Å². The molecule has 1 aromatic heterocycles. The Kier molecular flexibility index (Phi) is 6.31.